The van der Waals surface area contributed by atoms with Crippen LogP contribution in [0.3, 0.4) is 0 Å². The first-order chi connectivity index (χ1) is 8.58. The Labute approximate surface area is 106 Å². The lowest BCUT2D eigenvalue weighted by Crippen LogP contribution is -2.34. The molecular formula is C14H17F2NO. The summed E-state index contributed by atoms with van der Waals surface area (Å²) in [5.41, 5.74) is -0.0266. The van der Waals surface area contributed by atoms with Gasteiger partial charge in [0.05, 0.1) is 12.1 Å². The van der Waals surface area contributed by atoms with Crippen molar-refractivity contribution >= 4 is 5.78 Å². The minimum atomic E-state index is -0.778. The normalized spacial score (nSPS) is 16.4. The van der Waals surface area contributed by atoms with Crippen LogP contribution in [0.1, 0.15) is 36.0 Å². The molecule has 1 fully saturated rings. The summed E-state index contributed by atoms with van der Waals surface area (Å²) in [7, 11) is 1.88. The second kappa shape index (κ2) is 5.57. The maximum atomic E-state index is 13.4. The van der Waals surface area contributed by atoms with Crippen molar-refractivity contribution in [2.45, 2.75) is 31.7 Å². The second-order valence-corrected chi connectivity index (χ2v) is 4.90. The number of ketones is 1. The monoisotopic (exact) mass is 253 g/mol. The van der Waals surface area contributed by atoms with Gasteiger partial charge in [-0.25, -0.2) is 8.78 Å². The summed E-state index contributed by atoms with van der Waals surface area (Å²) >= 11 is 0. The van der Waals surface area contributed by atoms with Crippen LogP contribution in [-0.4, -0.2) is 30.3 Å². The van der Waals surface area contributed by atoms with Crippen LogP contribution in [0, 0.1) is 11.6 Å². The predicted molar refractivity (Wildman–Crippen MR) is 65.6 cm³/mol. The third-order valence-corrected chi connectivity index (χ3v) is 3.57. The summed E-state index contributed by atoms with van der Waals surface area (Å²) in [6, 6.07) is 3.50. The maximum Gasteiger partial charge on any atom is 0.179 e. The van der Waals surface area contributed by atoms with E-state index in [9.17, 15) is 13.6 Å². The average Bonchev–Trinajstić information content (AvgIpc) is 2.81. The zero-order valence-corrected chi connectivity index (χ0v) is 10.5. The lowest BCUT2D eigenvalue weighted by Gasteiger charge is -2.23. The third kappa shape index (κ3) is 2.93. The Kier molecular flexibility index (Phi) is 4.07. The van der Waals surface area contributed by atoms with E-state index in [1.807, 2.05) is 11.9 Å². The van der Waals surface area contributed by atoms with Gasteiger partial charge in [-0.3, -0.25) is 9.69 Å². The summed E-state index contributed by atoms with van der Waals surface area (Å²) in [5.74, 6) is -1.73. The quantitative estimate of drug-likeness (QED) is 0.769. The van der Waals surface area contributed by atoms with Crippen LogP contribution < -0.4 is 0 Å². The zero-order valence-electron chi connectivity index (χ0n) is 10.5. The van der Waals surface area contributed by atoms with Crippen molar-refractivity contribution in [2.75, 3.05) is 13.6 Å². The van der Waals surface area contributed by atoms with Crippen molar-refractivity contribution < 1.29 is 13.6 Å². The number of benzene rings is 1. The summed E-state index contributed by atoms with van der Waals surface area (Å²) < 4.78 is 26.2. The van der Waals surface area contributed by atoms with Gasteiger partial charge in [-0.1, -0.05) is 12.8 Å². The van der Waals surface area contributed by atoms with Crippen LogP contribution in [-0.2, 0) is 0 Å². The number of hydrogen-bond donors (Lipinski definition) is 0. The van der Waals surface area contributed by atoms with Crippen LogP contribution in [0.2, 0.25) is 0 Å². The Morgan fingerprint density at radius 3 is 2.61 bits per heavy atom. The van der Waals surface area contributed by atoms with E-state index >= 15 is 0 Å². The molecule has 18 heavy (non-hydrogen) atoms. The molecule has 0 atom stereocenters. The molecule has 0 aromatic heterocycles. The van der Waals surface area contributed by atoms with E-state index in [2.05, 4.69) is 0 Å². The lowest BCUT2D eigenvalue weighted by atomic mass is 10.1. The SMILES string of the molecule is CN(CC(=O)c1ccc(F)cc1F)C1CCCC1. The molecule has 2 nitrogen and oxygen atoms in total. The van der Waals surface area contributed by atoms with E-state index in [-0.39, 0.29) is 17.9 Å². The molecule has 0 radical (unpaired) electrons. The fourth-order valence-electron chi connectivity index (χ4n) is 2.50. The maximum absolute atomic E-state index is 13.4. The first-order valence-corrected chi connectivity index (χ1v) is 6.26. The van der Waals surface area contributed by atoms with Gasteiger partial charge in [0.25, 0.3) is 0 Å². The van der Waals surface area contributed by atoms with Crippen molar-refractivity contribution in [2.24, 2.45) is 0 Å². The molecule has 1 aliphatic carbocycles. The summed E-state index contributed by atoms with van der Waals surface area (Å²) in [6.45, 7) is 0.188. The summed E-state index contributed by atoms with van der Waals surface area (Å²) in [6.07, 6.45) is 4.56. The van der Waals surface area contributed by atoms with E-state index in [4.69, 9.17) is 0 Å². The zero-order chi connectivity index (χ0) is 13.1. The van der Waals surface area contributed by atoms with Gasteiger partial charge in [0.2, 0.25) is 0 Å². The van der Waals surface area contributed by atoms with Gasteiger partial charge < -0.3 is 0 Å². The molecule has 0 N–H and O–H groups in total. The van der Waals surface area contributed by atoms with Crippen molar-refractivity contribution in [3.8, 4) is 0 Å². The molecule has 0 unspecified atom stereocenters. The van der Waals surface area contributed by atoms with Crippen LogP contribution in [0.25, 0.3) is 0 Å². The number of nitrogens with zero attached hydrogens (tertiary/aromatic N) is 1. The molecule has 0 spiro atoms. The standard InChI is InChI=1S/C14H17F2NO/c1-17(11-4-2-3-5-11)9-14(18)12-7-6-10(15)8-13(12)16/h6-8,11H,2-5,9H2,1H3. The van der Waals surface area contributed by atoms with Crippen LogP contribution in [0.5, 0.6) is 0 Å². The van der Waals surface area contributed by atoms with Crippen molar-refractivity contribution in [1.82, 2.24) is 4.90 Å². The third-order valence-electron chi connectivity index (χ3n) is 3.57. The van der Waals surface area contributed by atoms with Crippen LogP contribution in [0.4, 0.5) is 8.78 Å². The fraction of sp³-hybridized carbons (Fsp3) is 0.500. The number of likely N-dealkylation sites (N-methyl/N-ethyl adjacent to an activating group) is 1. The molecule has 1 aromatic rings. The largest absolute Gasteiger partial charge is 0.296 e. The smallest absolute Gasteiger partial charge is 0.179 e. The Morgan fingerprint density at radius 2 is 2.00 bits per heavy atom. The van der Waals surface area contributed by atoms with Crippen LogP contribution in [0.15, 0.2) is 18.2 Å². The number of hydrogen-bond acceptors (Lipinski definition) is 2. The molecular weight excluding hydrogens is 236 g/mol. The molecule has 0 bridgehead atoms. The molecule has 4 heteroatoms. The van der Waals surface area contributed by atoms with Crippen molar-refractivity contribution in [3.63, 3.8) is 0 Å². The molecule has 1 saturated carbocycles. The van der Waals surface area contributed by atoms with E-state index in [1.54, 1.807) is 0 Å². The van der Waals surface area contributed by atoms with Gasteiger partial charge in [0.15, 0.2) is 5.78 Å². The minimum absolute atomic E-state index is 0.0266. The topological polar surface area (TPSA) is 20.3 Å². The minimum Gasteiger partial charge on any atom is -0.296 e. The molecule has 0 aliphatic heterocycles. The highest BCUT2D eigenvalue weighted by Crippen LogP contribution is 2.22. The Hall–Kier alpha value is -1.29. The van der Waals surface area contributed by atoms with Gasteiger partial charge in [-0.15, -0.1) is 0 Å². The molecule has 98 valence electrons. The van der Waals surface area contributed by atoms with E-state index in [0.717, 1.165) is 25.0 Å². The van der Waals surface area contributed by atoms with E-state index in [1.165, 1.54) is 18.9 Å². The molecule has 1 aliphatic rings. The molecule has 0 heterocycles. The number of halogens is 2. The molecule has 2 rings (SSSR count). The highest BCUT2D eigenvalue weighted by atomic mass is 19.1. The number of carbonyl (C=O) groups excluding carboxylic acids is 1. The molecule has 0 saturated heterocycles. The number of carbonyl (C=O) groups is 1. The summed E-state index contributed by atoms with van der Waals surface area (Å²) in [5, 5.41) is 0. The predicted octanol–water partition coefficient (Wildman–Crippen LogP) is 3.02. The highest BCUT2D eigenvalue weighted by Gasteiger charge is 2.22. The number of rotatable bonds is 4. The van der Waals surface area contributed by atoms with Crippen molar-refractivity contribution in [1.29, 1.82) is 0 Å². The molecule has 0 amide bonds. The summed E-state index contributed by atoms with van der Waals surface area (Å²) in [4.78, 5) is 13.9. The average molecular weight is 253 g/mol. The van der Waals surface area contributed by atoms with Gasteiger partial charge in [0, 0.05) is 12.1 Å². The highest BCUT2D eigenvalue weighted by molar-refractivity contribution is 5.97. The van der Waals surface area contributed by atoms with E-state index < -0.39 is 11.6 Å². The Bertz CT molecular complexity index is 441. The van der Waals surface area contributed by atoms with Crippen molar-refractivity contribution in [3.05, 3.63) is 35.4 Å². The fourth-order valence-corrected chi connectivity index (χ4v) is 2.50. The van der Waals surface area contributed by atoms with E-state index in [0.29, 0.717) is 6.04 Å². The molecule has 1 aromatic carbocycles. The van der Waals surface area contributed by atoms with Gasteiger partial charge in [0.1, 0.15) is 11.6 Å². The van der Waals surface area contributed by atoms with Gasteiger partial charge in [-0.2, -0.15) is 0 Å². The van der Waals surface area contributed by atoms with Gasteiger partial charge in [-0.05, 0) is 32.0 Å². The lowest BCUT2D eigenvalue weighted by molar-refractivity contribution is 0.0917. The van der Waals surface area contributed by atoms with Crippen LogP contribution >= 0.6 is 0 Å². The van der Waals surface area contributed by atoms with Gasteiger partial charge >= 0.3 is 0 Å². The Balaban J connectivity index is 2.02. The Morgan fingerprint density at radius 1 is 1.33 bits per heavy atom. The second-order valence-electron chi connectivity index (χ2n) is 4.90. The number of Topliss-reactive ketones (excluding diaryl/α,β-unsaturated/α-hetero) is 1. The first-order valence-electron chi connectivity index (χ1n) is 6.26. The first kappa shape index (κ1) is 13.1.